The topological polar surface area (TPSA) is 128 Å². The molecule has 1 N–H and O–H groups in total. The molecular formula is C33H40N4O7S. The number of hydrogen-bond acceptors (Lipinski definition) is 8. The number of benzene rings is 2. The number of sulfonamides is 1. The highest BCUT2D eigenvalue weighted by Crippen LogP contribution is 2.53. The molecule has 0 radical (unpaired) electrons. The largest absolute Gasteiger partial charge is 0.507 e. The van der Waals surface area contributed by atoms with Gasteiger partial charge in [0.05, 0.1) is 29.4 Å². The summed E-state index contributed by atoms with van der Waals surface area (Å²) in [7, 11) is -3.75. The number of aliphatic hydroxyl groups excluding tert-OH is 1. The Kier molecular flexibility index (Phi) is 8.84. The zero-order chi connectivity index (χ0) is 31.8. The van der Waals surface area contributed by atoms with E-state index in [-0.39, 0.29) is 22.6 Å². The minimum Gasteiger partial charge on any atom is -0.507 e. The molecule has 6 rings (SSSR count). The number of nitrogens with zero attached hydrogens (tertiary/aromatic N) is 4. The molecule has 0 bridgehead atoms. The number of likely N-dealkylation sites (tertiary alicyclic amines) is 1. The molecule has 45 heavy (non-hydrogen) atoms. The lowest BCUT2D eigenvalue weighted by Crippen LogP contribution is -2.54. The lowest BCUT2D eigenvalue weighted by molar-refractivity contribution is -0.144. The number of hydrogen-bond donors (Lipinski definition) is 1. The van der Waals surface area contributed by atoms with Crippen LogP contribution < -0.4 is 4.90 Å². The lowest BCUT2D eigenvalue weighted by atomic mass is 9.82. The number of rotatable bonds is 8. The van der Waals surface area contributed by atoms with Crippen LogP contribution >= 0.6 is 0 Å². The Morgan fingerprint density at radius 2 is 1.53 bits per heavy atom. The lowest BCUT2D eigenvalue weighted by Gasteiger charge is -2.36. The molecule has 3 saturated heterocycles. The van der Waals surface area contributed by atoms with Gasteiger partial charge >= 0.3 is 0 Å². The van der Waals surface area contributed by atoms with Crippen molar-refractivity contribution in [1.82, 2.24) is 14.1 Å². The Hall–Kier alpha value is -3.58. The van der Waals surface area contributed by atoms with E-state index in [1.807, 2.05) is 6.92 Å². The van der Waals surface area contributed by atoms with Crippen molar-refractivity contribution in [1.29, 1.82) is 0 Å². The number of carbonyl (C=O) groups is 3. The van der Waals surface area contributed by atoms with Gasteiger partial charge < -0.3 is 19.6 Å². The van der Waals surface area contributed by atoms with Crippen molar-refractivity contribution in [3.63, 3.8) is 0 Å². The van der Waals surface area contributed by atoms with Crippen molar-refractivity contribution in [2.45, 2.75) is 49.5 Å². The van der Waals surface area contributed by atoms with Crippen LogP contribution in [0.4, 0.5) is 5.69 Å². The predicted octanol–water partition coefficient (Wildman–Crippen LogP) is 2.92. The Bertz CT molecular complexity index is 1610. The van der Waals surface area contributed by atoms with Gasteiger partial charge in [0, 0.05) is 56.9 Å². The molecule has 240 valence electrons. The maximum atomic E-state index is 14.6. The summed E-state index contributed by atoms with van der Waals surface area (Å²) in [6.07, 6.45) is 4.22. The van der Waals surface area contributed by atoms with E-state index >= 15 is 0 Å². The summed E-state index contributed by atoms with van der Waals surface area (Å²) in [4.78, 5) is 47.4. The van der Waals surface area contributed by atoms with Crippen LogP contribution in [-0.2, 0) is 34.7 Å². The van der Waals surface area contributed by atoms with Crippen molar-refractivity contribution in [2.75, 3.05) is 63.9 Å². The second-order valence-electron chi connectivity index (χ2n) is 12.0. The highest BCUT2D eigenvalue weighted by Gasteiger charge is 2.67. The number of anilines is 1. The zero-order valence-electron chi connectivity index (χ0n) is 25.6. The fourth-order valence-corrected chi connectivity index (χ4v) is 8.56. The molecule has 4 aliphatic rings. The number of aliphatic hydroxyl groups is 1. The van der Waals surface area contributed by atoms with Gasteiger partial charge in [-0.1, -0.05) is 38.0 Å². The first kappa shape index (κ1) is 31.4. The van der Waals surface area contributed by atoms with E-state index in [1.54, 1.807) is 29.2 Å². The van der Waals surface area contributed by atoms with Crippen molar-refractivity contribution in [2.24, 2.45) is 0 Å². The minimum atomic E-state index is -3.75. The van der Waals surface area contributed by atoms with Gasteiger partial charge in [-0.3, -0.25) is 19.3 Å². The molecular weight excluding hydrogens is 596 g/mol. The summed E-state index contributed by atoms with van der Waals surface area (Å²) in [6, 6.07) is 12.8. The van der Waals surface area contributed by atoms with E-state index in [0.29, 0.717) is 70.2 Å². The molecule has 1 unspecified atom stereocenters. The number of ketones is 1. The molecule has 1 spiro atoms. The highest BCUT2D eigenvalue weighted by molar-refractivity contribution is 7.89. The Balaban J connectivity index is 1.45. The third kappa shape index (κ3) is 5.27. The van der Waals surface area contributed by atoms with Crippen LogP contribution in [0.15, 0.2) is 59.0 Å². The predicted molar refractivity (Wildman–Crippen MR) is 168 cm³/mol. The summed E-state index contributed by atoms with van der Waals surface area (Å²) >= 11 is 0. The molecule has 2 aromatic carbocycles. The fraction of sp³-hybridized carbons (Fsp3) is 0.485. The number of ether oxygens (including phenoxy) is 1. The normalized spacial score (nSPS) is 24.4. The molecule has 0 saturated carbocycles. The van der Waals surface area contributed by atoms with Crippen LogP contribution in [0, 0.1) is 0 Å². The quantitative estimate of drug-likeness (QED) is 0.266. The average molecular weight is 637 g/mol. The van der Waals surface area contributed by atoms with Gasteiger partial charge in [0.2, 0.25) is 10.0 Å². The summed E-state index contributed by atoms with van der Waals surface area (Å²) in [6.45, 7) is 6.17. The van der Waals surface area contributed by atoms with Gasteiger partial charge in [0.25, 0.3) is 17.6 Å². The van der Waals surface area contributed by atoms with Crippen LogP contribution in [0.3, 0.4) is 0 Å². The minimum absolute atomic E-state index is 0.0815. The molecule has 3 fully saturated rings. The van der Waals surface area contributed by atoms with Gasteiger partial charge in [0.15, 0.2) is 5.54 Å². The number of morpholine rings is 1. The van der Waals surface area contributed by atoms with Crippen molar-refractivity contribution in [3.05, 3.63) is 65.2 Å². The molecule has 2 amide bonds. The van der Waals surface area contributed by atoms with Crippen LogP contribution in [0.2, 0.25) is 0 Å². The SMILES string of the molecule is CCCN1C(=O)C2(/C(=C(/O)c3ccc(S(=O)(=O)N4CCCCCC4)cc3)C(=O)C(=O)N2CCN2CCOCC2)c2ccccc21. The van der Waals surface area contributed by atoms with Crippen LogP contribution in [0.1, 0.15) is 50.2 Å². The Morgan fingerprint density at radius 1 is 0.867 bits per heavy atom. The first-order valence-electron chi connectivity index (χ1n) is 15.8. The second kappa shape index (κ2) is 12.7. The van der Waals surface area contributed by atoms with Gasteiger partial charge in [-0.2, -0.15) is 4.31 Å². The van der Waals surface area contributed by atoms with Crippen molar-refractivity contribution in [3.8, 4) is 0 Å². The first-order chi connectivity index (χ1) is 21.7. The summed E-state index contributed by atoms with van der Waals surface area (Å²) in [5, 5.41) is 11.8. The molecule has 12 heteroatoms. The molecule has 1 atom stereocenters. The number of para-hydroxylation sites is 1. The second-order valence-corrected chi connectivity index (χ2v) is 13.9. The smallest absolute Gasteiger partial charge is 0.296 e. The van der Waals surface area contributed by atoms with Crippen LogP contribution in [0.25, 0.3) is 5.76 Å². The van der Waals surface area contributed by atoms with E-state index in [0.717, 1.165) is 25.7 Å². The average Bonchev–Trinajstić information content (AvgIpc) is 3.26. The monoisotopic (exact) mass is 636 g/mol. The molecule has 2 aromatic rings. The van der Waals surface area contributed by atoms with Gasteiger partial charge in [-0.05, 0) is 49.6 Å². The summed E-state index contributed by atoms with van der Waals surface area (Å²) < 4.78 is 33.7. The highest BCUT2D eigenvalue weighted by atomic mass is 32.2. The number of fused-ring (bicyclic) bond motifs is 2. The number of carbonyl (C=O) groups excluding carboxylic acids is 3. The van der Waals surface area contributed by atoms with Crippen molar-refractivity contribution < 1.29 is 32.6 Å². The molecule has 4 aliphatic heterocycles. The van der Waals surface area contributed by atoms with Crippen LogP contribution in [-0.4, -0.2) is 104 Å². The summed E-state index contributed by atoms with van der Waals surface area (Å²) in [5.41, 5.74) is -0.949. The number of Topliss-reactive ketones (excluding diaryl/α,β-unsaturated/α-hetero) is 1. The van der Waals surface area contributed by atoms with Crippen LogP contribution in [0.5, 0.6) is 0 Å². The third-order valence-corrected chi connectivity index (χ3v) is 11.2. The molecule has 4 heterocycles. The first-order valence-corrected chi connectivity index (χ1v) is 17.3. The van der Waals surface area contributed by atoms with Gasteiger partial charge in [-0.15, -0.1) is 0 Å². The van der Waals surface area contributed by atoms with E-state index in [2.05, 4.69) is 4.90 Å². The molecule has 0 aliphatic carbocycles. The molecule has 0 aromatic heterocycles. The van der Waals surface area contributed by atoms with Crippen molar-refractivity contribution >= 4 is 39.1 Å². The third-order valence-electron chi connectivity index (χ3n) is 9.33. The van der Waals surface area contributed by atoms with E-state index in [4.69, 9.17) is 4.74 Å². The summed E-state index contributed by atoms with van der Waals surface area (Å²) in [5.74, 6) is -2.78. The maximum Gasteiger partial charge on any atom is 0.296 e. The maximum absolute atomic E-state index is 14.6. The van der Waals surface area contributed by atoms with E-state index in [9.17, 15) is 27.9 Å². The fourth-order valence-electron chi connectivity index (χ4n) is 7.04. The Labute approximate surface area is 264 Å². The Morgan fingerprint density at radius 3 is 2.20 bits per heavy atom. The standard InChI is InChI=1S/C33H40N4O7S/c1-2-15-36-27-10-6-5-9-26(27)33(32(36)41)28(30(39)31(40)37(33)19-18-34-20-22-44-23-21-34)29(38)24-11-13-25(14-12-24)45(42,43)35-16-7-3-4-8-17-35/h5-6,9-14,38H,2-4,7-8,15-23H2,1H3/b29-28+. The number of amides is 2. The van der Waals surface area contributed by atoms with Gasteiger partial charge in [0.1, 0.15) is 5.76 Å². The van der Waals surface area contributed by atoms with E-state index in [1.165, 1.54) is 33.5 Å². The van der Waals surface area contributed by atoms with Gasteiger partial charge in [-0.25, -0.2) is 8.42 Å². The zero-order valence-corrected chi connectivity index (χ0v) is 26.4. The molecule has 11 nitrogen and oxygen atoms in total. The van der Waals surface area contributed by atoms with E-state index < -0.39 is 38.9 Å².